The van der Waals surface area contributed by atoms with Gasteiger partial charge in [-0.05, 0) is 60.9 Å². The van der Waals surface area contributed by atoms with Crippen LogP contribution in [0, 0.1) is 11.8 Å². The number of carbonyl (C=O) groups is 1. The Morgan fingerprint density at radius 1 is 1.20 bits per heavy atom. The summed E-state index contributed by atoms with van der Waals surface area (Å²) in [5.74, 6) is 2.20. The van der Waals surface area contributed by atoms with E-state index in [2.05, 4.69) is 6.08 Å². The minimum Gasteiger partial charge on any atom is -0.497 e. The summed E-state index contributed by atoms with van der Waals surface area (Å²) in [5.41, 5.74) is 2.08. The molecule has 1 unspecified atom stereocenters. The van der Waals surface area contributed by atoms with Gasteiger partial charge in [-0.25, -0.2) is 0 Å². The van der Waals surface area contributed by atoms with Gasteiger partial charge in [0.2, 0.25) is 0 Å². The Hall–Kier alpha value is -1.57. The molecule has 0 heterocycles. The average Bonchev–Trinajstić information content (AvgIpc) is 3.10. The maximum absolute atomic E-state index is 12.6. The Morgan fingerprint density at radius 2 is 2.00 bits per heavy atom. The van der Waals surface area contributed by atoms with Crippen molar-refractivity contribution in [1.29, 1.82) is 0 Å². The Balaban J connectivity index is 1.77. The highest BCUT2D eigenvalue weighted by Gasteiger charge is 2.36. The molecule has 1 aromatic rings. The Kier molecular flexibility index (Phi) is 3.90. The van der Waals surface area contributed by atoms with Gasteiger partial charge in [0, 0.05) is 5.92 Å². The van der Waals surface area contributed by atoms with Gasteiger partial charge >= 0.3 is 0 Å². The van der Waals surface area contributed by atoms with Crippen molar-refractivity contribution in [1.82, 2.24) is 0 Å². The summed E-state index contributed by atoms with van der Waals surface area (Å²) in [6, 6.07) is 7.92. The highest BCUT2D eigenvalue weighted by molar-refractivity contribution is 6.03. The topological polar surface area (TPSA) is 26.3 Å². The molecule has 0 aromatic heterocycles. The standard InChI is InChI=1S/C18H22O2/c1-20-16-8-4-5-13(12-16)11-15-9-10-17(18(15)19)14-6-2-3-7-14/h4-5,8,11-12,14,17H,2-3,6-7,9-10H2,1H3/b15-11+. The summed E-state index contributed by atoms with van der Waals surface area (Å²) in [6.07, 6.45) is 9.18. The van der Waals surface area contributed by atoms with E-state index in [1.807, 2.05) is 24.3 Å². The van der Waals surface area contributed by atoms with E-state index in [9.17, 15) is 4.79 Å². The summed E-state index contributed by atoms with van der Waals surface area (Å²) in [7, 11) is 1.67. The molecule has 2 aliphatic rings. The third-order valence-electron chi connectivity index (χ3n) is 4.78. The first-order valence-electron chi connectivity index (χ1n) is 7.67. The molecule has 1 atom stereocenters. The molecule has 3 rings (SSSR count). The fourth-order valence-corrected chi connectivity index (χ4v) is 3.69. The predicted octanol–water partition coefficient (Wildman–Crippen LogP) is 4.25. The third-order valence-corrected chi connectivity index (χ3v) is 4.78. The van der Waals surface area contributed by atoms with Crippen molar-refractivity contribution in [3.8, 4) is 5.75 Å². The number of allylic oxidation sites excluding steroid dienone is 1. The SMILES string of the molecule is COc1cccc(/C=C2\CCC(C3CCCC3)C2=O)c1. The number of ether oxygens (including phenoxy) is 1. The number of ketones is 1. The van der Waals surface area contributed by atoms with Crippen LogP contribution in [0.3, 0.4) is 0 Å². The largest absolute Gasteiger partial charge is 0.497 e. The summed E-state index contributed by atoms with van der Waals surface area (Å²) in [6.45, 7) is 0. The number of benzene rings is 1. The summed E-state index contributed by atoms with van der Waals surface area (Å²) < 4.78 is 5.23. The van der Waals surface area contributed by atoms with E-state index in [1.165, 1.54) is 25.7 Å². The molecule has 0 aliphatic heterocycles. The van der Waals surface area contributed by atoms with Gasteiger partial charge in [-0.1, -0.05) is 25.0 Å². The molecular formula is C18H22O2. The van der Waals surface area contributed by atoms with Crippen LogP contribution >= 0.6 is 0 Å². The van der Waals surface area contributed by atoms with Crippen LogP contribution in [0.5, 0.6) is 5.75 Å². The van der Waals surface area contributed by atoms with Gasteiger partial charge in [-0.3, -0.25) is 4.79 Å². The van der Waals surface area contributed by atoms with Gasteiger partial charge in [0.25, 0.3) is 0 Å². The van der Waals surface area contributed by atoms with Gasteiger partial charge < -0.3 is 4.74 Å². The highest BCUT2D eigenvalue weighted by atomic mass is 16.5. The van der Waals surface area contributed by atoms with E-state index in [0.717, 1.165) is 29.7 Å². The fourth-order valence-electron chi connectivity index (χ4n) is 3.69. The van der Waals surface area contributed by atoms with Crippen molar-refractivity contribution in [2.75, 3.05) is 7.11 Å². The number of hydrogen-bond donors (Lipinski definition) is 0. The molecule has 2 aliphatic carbocycles. The van der Waals surface area contributed by atoms with Crippen LogP contribution in [-0.2, 0) is 4.79 Å². The molecule has 2 saturated carbocycles. The van der Waals surface area contributed by atoms with Gasteiger partial charge in [-0.2, -0.15) is 0 Å². The molecule has 0 bridgehead atoms. The minimum absolute atomic E-state index is 0.300. The summed E-state index contributed by atoms with van der Waals surface area (Å²) >= 11 is 0. The minimum atomic E-state index is 0.300. The predicted molar refractivity (Wildman–Crippen MR) is 80.7 cm³/mol. The first-order chi connectivity index (χ1) is 9.78. The monoisotopic (exact) mass is 270 g/mol. The zero-order valence-electron chi connectivity index (χ0n) is 12.1. The average molecular weight is 270 g/mol. The quantitative estimate of drug-likeness (QED) is 0.768. The van der Waals surface area contributed by atoms with Crippen molar-refractivity contribution in [3.63, 3.8) is 0 Å². The number of Topliss-reactive ketones (excluding diaryl/α,β-unsaturated/α-hetero) is 1. The first-order valence-corrected chi connectivity index (χ1v) is 7.67. The zero-order valence-corrected chi connectivity index (χ0v) is 12.1. The number of rotatable bonds is 3. The molecule has 106 valence electrons. The molecular weight excluding hydrogens is 248 g/mol. The molecule has 2 fully saturated rings. The second-order valence-corrected chi connectivity index (χ2v) is 6.00. The van der Waals surface area contributed by atoms with Crippen LogP contribution in [0.2, 0.25) is 0 Å². The maximum Gasteiger partial charge on any atom is 0.162 e. The van der Waals surface area contributed by atoms with Crippen LogP contribution in [0.4, 0.5) is 0 Å². The van der Waals surface area contributed by atoms with Gasteiger partial charge in [0.15, 0.2) is 5.78 Å². The van der Waals surface area contributed by atoms with Gasteiger partial charge in [-0.15, -0.1) is 0 Å². The van der Waals surface area contributed by atoms with Crippen LogP contribution in [-0.4, -0.2) is 12.9 Å². The number of carbonyl (C=O) groups excluding carboxylic acids is 1. The zero-order chi connectivity index (χ0) is 13.9. The highest BCUT2D eigenvalue weighted by Crippen LogP contribution is 2.40. The number of hydrogen-bond acceptors (Lipinski definition) is 2. The lowest BCUT2D eigenvalue weighted by Crippen LogP contribution is -2.16. The molecule has 20 heavy (non-hydrogen) atoms. The van der Waals surface area contributed by atoms with Crippen molar-refractivity contribution < 1.29 is 9.53 Å². The van der Waals surface area contributed by atoms with E-state index in [-0.39, 0.29) is 0 Å². The van der Waals surface area contributed by atoms with Crippen LogP contribution in [0.15, 0.2) is 29.8 Å². The van der Waals surface area contributed by atoms with Crippen molar-refractivity contribution in [3.05, 3.63) is 35.4 Å². The molecule has 2 heteroatoms. The summed E-state index contributed by atoms with van der Waals surface area (Å²) in [5, 5.41) is 0. The molecule has 0 amide bonds. The van der Waals surface area contributed by atoms with Crippen molar-refractivity contribution in [2.24, 2.45) is 11.8 Å². The lowest BCUT2D eigenvalue weighted by molar-refractivity contribution is -0.119. The molecule has 0 spiro atoms. The smallest absolute Gasteiger partial charge is 0.162 e. The molecule has 0 saturated heterocycles. The third kappa shape index (κ3) is 2.65. The molecule has 2 nitrogen and oxygen atoms in total. The Labute approximate surface area is 120 Å². The van der Waals surface area contributed by atoms with Gasteiger partial charge in [0.05, 0.1) is 7.11 Å². The molecule has 0 radical (unpaired) electrons. The first kappa shape index (κ1) is 13.4. The lowest BCUT2D eigenvalue weighted by Gasteiger charge is -2.15. The van der Waals surface area contributed by atoms with E-state index >= 15 is 0 Å². The van der Waals surface area contributed by atoms with Gasteiger partial charge in [0.1, 0.15) is 5.75 Å². The van der Waals surface area contributed by atoms with E-state index in [4.69, 9.17) is 4.74 Å². The molecule has 0 N–H and O–H groups in total. The second kappa shape index (κ2) is 5.82. The van der Waals surface area contributed by atoms with Crippen LogP contribution in [0.1, 0.15) is 44.1 Å². The van der Waals surface area contributed by atoms with Crippen molar-refractivity contribution >= 4 is 11.9 Å². The van der Waals surface area contributed by atoms with Crippen LogP contribution in [0.25, 0.3) is 6.08 Å². The molecule has 1 aromatic carbocycles. The normalized spacial score (nSPS) is 25.6. The Bertz CT molecular complexity index is 524. The van der Waals surface area contributed by atoms with E-state index in [0.29, 0.717) is 17.6 Å². The lowest BCUT2D eigenvalue weighted by atomic mass is 9.88. The second-order valence-electron chi connectivity index (χ2n) is 6.00. The fraction of sp³-hybridized carbons (Fsp3) is 0.500. The van der Waals surface area contributed by atoms with Crippen molar-refractivity contribution in [2.45, 2.75) is 38.5 Å². The maximum atomic E-state index is 12.6. The number of methoxy groups -OCH3 is 1. The van der Waals surface area contributed by atoms with E-state index < -0.39 is 0 Å². The van der Waals surface area contributed by atoms with Crippen LogP contribution < -0.4 is 4.74 Å². The van der Waals surface area contributed by atoms with E-state index in [1.54, 1.807) is 7.11 Å². The Morgan fingerprint density at radius 3 is 2.75 bits per heavy atom. The summed E-state index contributed by atoms with van der Waals surface area (Å²) in [4.78, 5) is 12.6.